The highest BCUT2D eigenvalue weighted by Gasteiger charge is 2.08. The molecule has 0 saturated carbocycles. The molecule has 0 aliphatic carbocycles. The van der Waals surface area contributed by atoms with Gasteiger partial charge < -0.3 is 4.98 Å². The monoisotopic (exact) mass is 235 g/mol. The first-order valence-corrected chi connectivity index (χ1v) is 5.88. The predicted molar refractivity (Wildman–Crippen MR) is 73.2 cm³/mol. The molecule has 0 fully saturated rings. The number of aromatic amines is 1. The lowest BCUT2D eigenvalue weighted by atomic mass is 10.1. The molecule has 0 radical (unpaired) electrons. The molecule has 3 nitrogen and oxygen atoms in total. The minimum absolute atomic E-state index is 0.808. The van der Waals surface area contributed by atoms with Crippen molar-refractivity contribution in [2.75, 3.05) is 0 Å². The molecule has 3 aromatic rings. The molecule has 0 amide bonds. The van der Waals surface area contributed by atoms with Crippen LogP contribution < -0.4 is 0 Å². The van der Waals surface area contributed by atoms with Crippen LogP contribution in [0.4, 0.5) is 0 Å². The highest BCUT2D eigenvalue weighted by Crippen LogP contribution is 2.21. The van der Waals surface area contributed by atoms with Crippen LogP contribution in [0.1, 0.15) is 5.56 Å². The largest absolute Gasteiger partial charge is 0.336 e. The summed E-state index contributed by atoms with van der Waals surface area (Å²) in [6, 6.07) is 11.9. The molecule has 88 valence electrons. The molecule has 0 saturated heterocycles. The van der Waals surface area contributed by atoms with Gasteiger partial charge in [0.25, 0.3) is 0 Å². The third-order valence-corrected chi connectivity index (χ3v) is 2.88. The molecule has 3 heteroatoms. The lowest BCUT2D eigenvalue weighted by Crippen LogP contribution is -1.84. The van der Waals surface area contributed by atoms with Gasteiger partial charge in [0.15, 0.2) is 5.82 Å². The number of rotatable bonds is 3. The number of para-hydroxylation sites is 1. The lowest BCUT2D eigenvalue weighted by Gasteiger charge is -1.97. The van der Waals surface area contributed by atoms with Crippen molar-refractivity contribution in [3.8, 4) is 11.5 Å². The van der Waals surface area contributed by atoms with E-state index in [9.17, 15) is 0 Å². The van der Waals surface area contributed by atoms with Gasteiger partial charge in [-0.3, -0.25) is 4.98 Å². The summed E-state index contributed by atoms with van der Waals surface area (Å²) in [6.07, 6.45) is 4.50. The van der Waals surface area contributed by atoms with Crippen LogP contribution in [0.2, 0.25) is 0 Å². The first-order valence-electron chi connectivity index (χ1n) is 5.88. The van der Waals surface area contributed by atoms with Crippen molar-refractivity contribution in [1.82, 2.24) is 15.0 Å². The molecule has 1 aromatic carbocycles. The zero-order valence-electron chi connectivity index (χ0n) is 9.93. The van der Waals surface area contributed by atoms with Crippen molar-refractivity contribution in [2.45, 2.75) is 6.42 Å². The number of pyridine rings is 1. The zero-order valence-corrected chi connectivity index (χ0v) is 9.93. The molecule has 0 aliphatic heterocycles. The van der Waals surface area contributed by atoms with Gasteiger partial charge in [-0.1, -0.05) is 24.3 Å². The molecule has 3 rings (SSSR count). The van der Waals surface area contributed by atoms with E-state index in [4.69, 9.17) is 0 Å². The van der Waals surface area contributed by atoms with Crippen LogP contribution >= 0.6 is 0 Å². The van der Waals surface area contributed by atoms with E-state index in [2.05, 4.69) is 27.6 Å². The molecular weight excluding hydrogens is 222 g/mol. The Labute approximate surface area is 105 Å². The Morgan fingerprint density at radius 3 is 2.89 bits per heavy atom. The fourth-order valence-corrected chi connectivity index (χ4v) is 2.04. The maximum atomic E-state index is 4.57. The fraction of sp³-hybridized carbons (Fsp3) is 0.0667. The lowest BCUT2D eigenvalue weighted by molar-refractivity contribution is 1.23. The molecule has 0 aliphatic rings. The van der Waals surface area contributed by atoms with Crippen molar-refractivity contribution in [1.29, 1.82) is 0 Å². The van der Waals surface area contributed by atoms with Crippen molar-refractivity contribution in [2.24, 2.45) is 0 Å². The molecule has 0 spiro atoms. The molecule has 0 atom stereocenters. The summed E-state index contributed by atoms with van der Waals surface area (Å²) >= 11 is 0. The van der Waals surface area contributed by atoms with Gasteiger partial charge in [0.2, 0.25) is 0 Å². The maximum Gasteiger partial charge on any atom is 0.157 e. The van der Waals surface area contributed by atoms with Crippen molar-refractivity contribution in [3.05, 3.63) is 60.8 Å². The van der Waals surface area contributed by atoms with Crippen LogP contribution in [0, 0.1) is 0 Å². The second kappa shape index (κ2) is 4.45. The summed E-state index contributed by atoms with van der Waals surface area (Å²) in [4.78, 5) is 12.2. The number of nitrogens with zero attached hydrogens (tertiary/aromatic N) is 2. The summed E-state index contributed by atoms with van der Waals surface area (Å²) in [5, 5.41) is 0. The maximum absolute atomic E-state index is 4.57. The number of fused-ring (bicyclic) bond motifs is 1. The Morgan fingerprint density at radius 1 is 1.17 bits per heavy atom. The molecule has 18 heavy (non-hydrogen) atoms. The van der Waals surface area contributed by atoms with Crippen LogP contribution in [-0.2, 0) is 6.42 Å². The fourth-order valence-electron chi connectivity index (χ4n) is 2.04. The Bertz CT molecular complexity index is 683. The third kappa shape index (κ3) is 1.80. The Morgan fingerprint density at radius 2 is 2.11 bits per heavy atom. The molecule has 2 heterocycles. The van der Waals surface area contributed by atoms with Gasteiger partial charge in [-0.25, -0.2) is 4.98 Å². The average Bonchev–Trinajstić information content (AvgIpc) is 2.85. The topological polar surface area (TPSA) is 41.6 Å². The van der Waals surface area contributed by atoms with Crippen molar-refractivity contribution >= 4 is 11.0 Å². The van der Waals surface area contributed by atoms with E-state index in [0.29, 0.717) is 0 Å². The van der Waals surface area contributed by atoms with E-state index in [1.165, 1.54) is 5.56 Å². The quantitative estimate of drug-likeness (QED) is 0.707. The van der Waals surface area contributed by atoms with Crippen LogP contribution in [0.25, 0.3) is 22.6 Å². The van der Waals surface area contributed by atoms with Gasteiger partial charge in [-0.15, -0.1) is 6.58 Å². The van der Waals surface area contributed by atoms with E-state index in [-0.39, 0.29) is 0 Å². The van der Waals surface area contributed by atoms with Crippen molar-refractivity contribution in [3.63, 3.8) is 0 Å². The van der Waals surface area contributed by atoms with Gasteiger partial charge in [-0.2, -0.15) is 0 Å². The van der Waals surface area contributed by atoms with E-state index < -0.39 is 0 Å². The summed E-state index contributed by atoms with van der Waals surface area (Å²) in [6.45, 7) is 3.78. The van der Waals surface area contributed by atoms with E-state index in [1.807, 2.05) is 36.4 Å². The standard InChI is InChI=1S/C15H13N3/c1-2-6-11-7-5-9-12-14(11)18-15(17-12)13-8-3-4-10-16-13/h2-5,7-10H,1,6H2,(H,17,18). The van der Waals surface area contributed by atoms with E-state index in [0.717, 1.165) is 29.0 Å². The zero-order chi connectivity index (χ0) is 12.4. The highest BCUT2D eigenvalue weighted by molar-refractivity contribution is 5.82. The van der Waals surface area contributed by atoms with Crippen LogP contribution in [0.3, 0.4) is 0 Å². The number of imidazole rings is 1. The number of H-pyrrole nitrogens is 1. The van der Waals surface area contributed by atoms with Crippen LogP contribution in [-0.4, -0.2) is 15.0 Å². The first kappa shape index (κ1) is 10.7. The van der Waals surface area contributed by atoms with Crippen LogP contribution in [0.15, 0.2) is 55.3 Å². The number of hydrogen-bond acceptors (Lipinski definition) is 2. The van der Waals surface area contributed by atoms with Gasteiger partial charge >= 0.3 is 0 Å². The summed E-state index contributed by atoms with van der Waals surface area (Å²) in [5.74, 6) is 0.808. The number of allylic oxidation sites excluding steroid dienone is 1. The Hall–Kier alpha value is -2.42. The molecule has 1 N–H and O–H groups in total. The number of hydrogen-bond donors (Lipinski definition) is 1. The third-order valence-electron chi connectivity index (χ3n) is 2.88. The van der Waals surface area contributed by atoms with Gasteiger partial charge in [-0.05, 0) is 30.2 Å². The second-order valence-corrected chi connectivity index (χ2v) is 4.10. The van der Waals surface area contributed by atoms with Gasteiger partial charge in [0.05, 0.1) is 11.0 Å². The van der Waals surface area contributed by atoms with Gasteiger partial charge in [0.1, 0.15) is 5.69 Å². The summed E-state index contributed by atoms with van der Waals surface area (Å²) in [7, 11) is 0. The Kier molecular flexibility index (Phi) is 2.65. The second-order valence-electron chi connectivity index (χ2n) is 4.10. The number of aromatic nitrogens is 3. The molecule has 0 bridgehead atoms. The predicted octanol–water partition coefficient (Wildman–Crippen LogP) is 3.35. The van der Waals surface area contributed by atoms with Crippen molar-refractivity contribution < 1.29 is 0 Å². The average molecular weight is 235 g/mol. The van der Waals surface area contributed by atoms with E-state index in [1.54, 1.807) is 6.20 Å². The number of benzene rings is 1. The Balaban J connectivity index is 2.17. The van der Waals surface area contributed by atoms with Gasteiger partial charge in [0, 0.05) is 6.20 Å². The van der Waals surface area contributed by atoms with E-state index >= 15 is 0 Å². The molecular formula is C15H13N3. The summed E-state index contributed by atoms with van der Waals surface area (Å²) < 4.78 is 0. The van der Waals surface area contributed by atoms with Crippen LogP contribution in [0.5, 0.6) is 0 Å². The number of nitrogens with one attached hydrogen (secondary N) is 1. The summed E-state index contributed by atoms with van der Waals surface area (Å²) in [5.41, 5.74) is 4.10. The molecule has 2 aromatic heterocycles. The normalized spacial score (nSPS) is 10.7. The minimum Gasteiger partial charge on any atom is -0.336 e. The first-order chi connectivity index (χ1) is 8.88. The SMILES string of the molecule is C=CCc1cccc2nc(-c3ccccn3)[nH]c12. The highest BCUT2D eigenvalue weighted by atomic mass is 14.9. The molecule has 0 unspecified atom stereocenters. The minimum atomic E-state index is 0.808. The smallest absolute Gasteiger partial charge is 0.157 e.